The van der Waals surface area contributed by atoms with Gasteiger partial charge in [-0.15, -0.1) is 0 Å². The molecule has 0 aromatic heterocycles. The molecule has 1 fully saturated rings. The first-order chi connectivity index (χ1) is 8.54. The Bertz CT molecular complexity index is 383. The fraction of sp³-hybridized carbons (Fsp3) is 0.625. The van der Waals surface area contributed by atoms with Gasteiger partial charge in [0.1, 0.15) is 0 Å². The maximum absolute atomic E-state index is 6.64. The molecule has 0 saturated heterocycles. The fourth-order valence-electron chi connectivity index (χ4n) is 3.25. The van der Waals surface area contributed by atoms with Gasteiger partial charge < -0.3 is 5.73 Å². The van der Waals surface area contributed by atoms with Gasteiger partial charge in [-0.1, -0.05) is 49.9 Å². The standard InChI is InChI=1S/C16H24ClN/c1-3-12-5-4-6-14(11-12)16(2,18)13-7-9-15(17)10-8-13/h7-10,12,14H,3-6,11,18H2,1-2H3. The van der Waals surface area contributed by atoms with Gasteiger partial charge in [-0.3, -0.25) is 0 Å². The summed E-state index contributed by atoms with van der Waals surface area (Å²) in [5.74, 6) is 1.45. The van der Waals surface area contributed by atoms with E-state index in [1.807, 2.05) is 12.1 Å². The predicted octanol–water partition coefficient (Wildman–Crippen LogP) is 4.73. The summed E-state index contributed by atoms with van der Waals surface area (Å²) in [4.78, 5) is 0. The van der Waals surface area contributed by atoms with Gasteiger partial charge in [-0.05, 0) is 49.3 Å². The Labute approximate surface area is 116 Å². The first kappa shape index (κ1) is 13.9. The van der Waals surface area contributed by atoms with Crippen molar-refractivity contribution in [2.75, 3.05) is 0 Å². The summed E-state index contributed by atoms with van der Waals surface area (Å²) in [6.45, 7) is 4.47. The summed E-state index contributed by atoms with van der Waals surface area (Å²) in [5, 5.41) is 0.782. The Morgan fingerprint density at radius 2 is 1.94 bits per heavy atom. The van der Waals surface area contributed by atoms with Gasteiger partial charge >= 0.3 is 0 Å². The molecular weight excluding hydrogens is 242 g/mol. The zero-order valence-electron chi connectivity index (χ0n) is 11.5. The van der Waals surface area contributed by atoms with E-state index >= 15 is 0 Å². The molecule has 2 heteroatoms. The summed E-state index contributed by atoms with van der Waals surface area (Å²) >= 11 is 5.95. The van der Waals surface area contributed by atoms with E-state index in [1.165, 1.54) is 37.7 Å². The van der Waals surface area contributed by atoms with Gasteiger partial charge in [0.15, 0.2) is 0 Å². The molecule has 0 heterocycles. The summed E-state index contributed by atoms with van der Waals surface area (Å²) < 4.78 is 0. The number of nitrogens with two attached hydrogens (primary N) is 1. The first-order valence-corrected chi connectivity index (χ1v) is 7.46. The van der Waals surface area contributed by atoms with Gasteiger partial charge in [0.25, 0.3) is 0 Å². The van der Waals surface area contributed by atoms with Crippen molar-refractivity contribution in [3.05, 3.63) is 34.9 Å². The molecule has 0 amide bonds. The zero-order chi connectivity index (χ0) is 13.2. The highest BCUT2D eigenvalue weighted by atomic mass is 35.5. The second-order valence-corrected chi connectivity index (χ2v) is 6.36. The first-order valence-electron chi connectivity index (χ1n) is 7.09. The summed E-state index contributed by atoms with van der Waals surface area (Å²) in [6, 6.07) is 8.06. The van der Waals surface area contributed by atoms with Crippen LogP contribution in [0.15, 0.2) is 24.3 Å². The van der Waals surface area contributed by atoms with Crippen LogP contribution in [0.1, 0.15) is 51.5 Å². The lowest BCUT2D eigenvalue weighted by molar-refractivity contribution is 0.173. The number of rotatable bonds is 3. The molecule has 1 aromatic carbocycles. The van der Waals surface area contributed by atoms with Crippen LogP contribution in [0.3, 0.4) is 0 Å². The van der Waals surface area contributed by atoms with Crippen molar-refractivity contribution >= 4 is 11.6 Å². The third-order valence-electron chi connectivity index (χ3n) is 4.67. The Morgan fingerprint density at radius 3 is 2.56 bits per heavy atom. The van der Waals surface area contributed by atoms with Gasteiger partial charge in [-0.25, -0.2) is 0 Å². The number of benzene rings is 1. The quantitative estimate of drug-likeness (QED) is 0.840. The molecule has 2 N–H and O–H groups in total. The van der Waals surface area contributed by atoms with Crippen LogP contribution in [0.25, 0.3) is 0 Å². The monoisotopic (exact) mass is 265 g/mol. The van der Waals surface area contributed by atoms with Crippen molar-refractivity contribution in [1.82, 2.24) is 0 Å². The average molecular weight is 266 g/mol. The molecule has 1 aromatic rings. The Hall–Kier alpha value is -0.530. The van der Waals surface area contributed by atoms with Crippen LogP contribution in [0.4, 0.5) is 0 Å². The molecule has 100 valence electrons. The van der Waals surface area contributed by atoms with E-state index in [9.17, 15) is 0 Å². The van der Waals surface area contributed by atoms with Crippen molar-refractivity contribution in [3.8, 4) is 0 Å². The van der Waals surface area contributed by atoms with E-state index < -0.39 is 0 Å². The van der Waals surface area contributed by atoms with Crippen molar-refractivity contribution in [3.63, 3.8) is 0 Å². The maximum Gasteiger partial charge on any atom is 0.0409 e. The second kappa shape index (κ2) is 5.63. The number of halogens is 1. The minimum absolute atomic E-state index is 0.224. The summed E-state index contributed by atoms with van der Waals surface area (Å²) in [6.07, 6.45) is 6.51. The normalized spacial score (nSPS) is 27.8. The van der Waals surface area contributed by atoms with Crippen LogP contribution in [0.2, 0.25) is 5.02 Å². The smallest absolute Gasteiger partial charge is 0.0409 e. The second-order valence-electron chi connectivity index (χ2n) is 5.93. The highest BCUT2D eigenvalue weighted by Crippen LogP contribution is 2.40. The van der Waals surface area contributed by atoms with Crippen LogP contribution >= 0.6 is 11.6 Å². The van der Waals surface area contributed by atoms with Crippen LogP contribution < -0.4 is 5.73 Å². The predicted molar refractivity (Wildman–Crippen MR) is 78.7 cm³/mol. The number of hydrogen-bond acceptors (Lipinski definition) is 1. The Kier molecular flexibility index (Phi) is 4.34. The molecule has 3 unspecified atom stereocenters. The minimum atomic E-state index is -0.224. The molecule has 0 spiro atoms. The van der Waals surface area contributed by atoms with E-state index in [1.54, 1.807) is 0 Å². The van der Waals surface area contributed by atoms with E-state index in [4.69, 9.17) is 17.3 Å². The number of hydrogen-bond donors (Lipinski definition) is 1. The van der Waals surface area contributed by atoms with Crippen molar-refractivity contribution in [2.45, 2.75) is 51.5 Å². The summed E-state index contributed by atoms with van der Waals surface area (Å²) in [5.41, 5.74) is 7.63. The van der Waals surface area contributed by atoms with E-state index in [-0.39, 0.29) is 5.54 Å². The van der Waals surface area contributed by atoms with E-state index in [0.29, 0.717) is 5.92 Å². The highest BCUT2D eigenvalue weighted by Gasteiger charge is 2.35. The van der Waals surface area contributed by atoms with Crippen LogP contribution in [0, 0.1) is 11.8 Å². The highest BCUT2D eigenvalue weighted by molar-refractivity contribution is 6.30. The molecule has 18 heavy (non-hydrogen) atoms. The van der Waals surface area contributed by atoms with Crippen LogP contribution in [-0.2, 0) is 5.54 Å². The molecule has 2 rings (SSSR count). The Morgan fingerprint density at radius 1 is 1.28 bits per heavy atom. The molecule has 0 bridgehead atoms. The lowest BCUT2D eigenvalue weighted by Crippen LogP contribution is -2.43. The van der Waals surface area contributed by atoms with E-state index in [2.05, 4.69) is 26.0 Å². The van der Waals surface area contributed by atoms with Gasteiger partial charge in [-0.2, -0.15) is 0 Å². The molecule has 0 radical (unpaired) electrons. The minimum Gasteiger partial charge on any atom is -0.321 e. The molecule has 3 atom stereocenters. The third-order valence-corrected chi connectivity index (χ3v) is 4.93. The fourth-order valence-corrected chi connectivity index (χ4v) is 3.38. The van der Waals surface area contributed by atoms with Crippen LogP contribution in [-0.4, -0.2) is 0 Å². The van der Waals surface area contributed by atoms with Crippen molar-refractivity contribution in [1.29, 1.82) is 0 Å². The summed E-state index contributed by atoms with van der Waals surface area (Å²) in [7, 11) is 0. The van der Waals surface area contributed by atoms with Crippen LogP contribution in [0.5, 0.6) is 0 Å². The molecule has 1 aliphatic rings. The average Bonchev–Trinajstić information content (AvgIpc) is 2.39. The third kappa shape index (κ3) is 2.89. The molecule has 1 saturated carbocycles. The molecule has 0 aliphatic heterocycles. The topological polar surface area (TPSA) is 26.0 Å². The molecule has 1 nitrogen and oxygen atoms in total. The van der Waals surface area contributed by atoms with Crippen molar-refractivity contribution < 1.29 is 0 Å². The molecule has 1 aliphatic carbocycles. The Balaban J connectivity index is 2.16. The van der Waals surface area contributed by atoms with Gasteiger partial charge in [0.2, 0.25) is 0 Å². The van der Waals surface area contributed by atoms with E-state index in [0.717, 1.165) is 10.9 Å². The molecular formula is C16H24ClN. The van der Waals surface area contributed by atoms with Gasteiger partial charge in [0, 0.05) is 10.6 Å². The zero-order valence-corrected chi connectivity index (χ0v) is 12.2. The lowest BCUT2D eigenvalue weighted by Gasteiger charge is -2.40. The van der Waals surface area contributed by atoms with Gasteiger partial charge in [0.05, 0.1) is 0 Å². The largest absolute Gasteiger partial charge is 0.321 e. The van der Waals surface area contributed by atoms with Crippen molar-refractivity contribution in [2.24, 2.45) is 17.6 Å². The SMILES string of the molecule is CCC1CCCC(C(C)(N)c2ccc(Cl)cc2)C1. The maximum atomic E-state index is 6.64. The lowest BCUT2D eigenvalue weighted by atomic mass is 9.69.